The van der Waals surface area contributed by atoms with E-state index in [0.29, 0.717) is 11.4 Å². The molecule has 5 aromatic carbocycles. The Morgan fingerprint density at radius 1 is 0.475 bits per heavy atom. The Kier molecular flexibility index (Phi) is 4.45. The number of rotatable bonds is 2. The molecule has 4 nitrogen and oxygen atoms in total. The van der Waals surface area contributed by atoms with Gasteiger partial charge in [-0.15, -0.1) is 11.3 Å². The van der Waals surface area contributed by atoms with E-state index in [0.717, 1.165) is 55.1 Å². The standard InChI is InChI=1S/C35H19N3OS/c1-2-10-20(11-3-1)30-34-32(24-14-6-8-16-26(24)39-34)38-35(37-30)33-22-13-5-4-12-21(22)23-18-19-28-29(31(23)36-33)25-15-7-9-17-27(25)40-28/h1-19H. The lowest BCUT2D eigenvalue weighted by Gasteiger charge is -2.11. The Balaban J connectivity index is 1.46. The number of pyridine rings is 1. The molecule has 0 bridgehead atoms. The third kappa shape index (κ3) is 3.04. The number of hydrogen-bond acceptors (Lipinski definition) is 5. The molecule has 0 amide bonds. The molecule has 0 spiro atoms. The van der Waals surface area contributed by atoms with E-state index in [2.05, 4.69) is 78.9 Å². The highest BCUT2D eigenvalue weighted by Crippen LogP contribution is 2.42. The van der Waals surface area contributed by atoms with Crippen LogP contribution in [0.15, 0.2) is 120 Å². The van der Waals surface area contributed by atoms with Crippen molar-refractivity contribution < 1.29 is 4.42 Å². The predicted molar refractivity (Wildman–Crippen MR) is 166 cm³/mol. The van der Waals surface area contributed by atoms with Crippen molar-refractivity contribution in [3.8, 4) is 22.8 Å². The second kappa shape index (κ2) is 8.18. The summed E-state index contributed by atoms with van der Waals surface area (Å²) in [5, 5.41) is 6.68. The summed E-state index contributed by atoms with van der Waals surface area (Å²) in [5.41, 5.74) is 5.77. The minimum Gasteiger partial charge on any atom is -0.452 e. The van der Waals surface area contributed by atoms with Gasteiger partial charge in [0.25, 0.3) is 0 Å². The van der Waals surface area contributed by atoms with Gasteiger partial charge in [0.2, 0.25) is 0 Å². The monoisotopic (exact) mass is 529 g/mol. The van der Waals surface area contributed by atoms with Crippen LogP contribution >= 0.6 is 11.3 Å². The Bertz CT molecular complexity index is 2440. The van der Waals surface area contributed by atoms with Crippen LogP contribution in [0, 0.1) is 0 Å². The highest BCUT2D eigenvalue weighted by Gasteiger charge is 2.21. The summed E-state index contributed by atoms with van der Waals surface area (Å²) < 4.78 is 8.82. The number of nitrogens with zero attached hydrogens (tertiary/aromatic N) is 3. The van der Waals surface area contributed by atoms with Crippen LogP contribution in [-0.2, 0) is 0 Å². The van der Waals surface area contributed by atoms with E-state index in [1.165, 1.54) is 20.2 Å². The molecule has 0 saturated carbocycles. The van der Waals surface area contributed by atoms with E-state index in [1.54, 1.807) is 11.3 Å². The zero-order chi connectivity index (χ0) is 26.2. The molecule has 0 aliphatic heterocycles. The van der Waals surface area contributed by atoms with Crippen molar-refractivity contribution >= 4 is 75.3 Å². The highest BCUT2D eigenvalue weighted by atomic mass is 32.1. The first-order chi connectivity index (χ1) is 19.8. The van der Waals surface area contributed by atoms with Crippen molar-refractivity contribution in [2.75, 3.05) is 0 Å². The van der Waals surface area contributed by atoms with Crippen LogP contribution in [0.2, 0.25) is 0 Å². The van der Waals surface area contributed by atoms with Gasteiger partial charge in [-0.05, 0) is 29.7 Å². The number of fused-ring (bicyclic) bond motifs is 10. The van der Waals surface area contributed by atoms with Crippen LogP contribution < -0.4 is 0 Å². The van der Waals surface area contributed by atoms with E-state index in [1.807, 2.05) is 36.4 Å². The molecule has 0 unspecified atom stereocenters. The van der Waals surface area contributed by atoms with Gasteiger partial charge in [-0.2, -0.15) is 0 Å². The van der Waals surface area contributed by atoms with E-state index < -0.39 is 0 Å². The molecule has 4 heterocycles. The normalized spacial score (nSPS) is 12.0. The maximum absolute atomic E-state index is 6.34. The number of aromatic nitrogens is 3. The topological polar surface area (TPSA) is 51.8 Å². The molecule has 186 valence electrons. The van der Waals surface area contributed by atoms with Gasteiger partial charge in [-0.1, -0.05) is 91.0 Å². The largest absolute Gasteiger partial charge is 0.452 e. The van der Waals surface area contributed by atoms with Gasteiger partial charge in [0.15, 0.2) is 11.4 Å². The number of thiophene rings is 1. The fourth-order valence-electron chi connectivity index (χ4n) is 5.89. The second-order valence-corrected chi connectivity index (χ2v) is 11.1. The van der Waals surface area contributed by atoms with E-state index in [-0.39, 0.29) is 0 Å². The zero-order valence-electron chi connectivity index (χ0n) is 21.1. The van der Waals surface area contributed by atoms with Gasteiger partial charge in [0, 0.05) is 41.9 Å². The number of para-hydroxylation sites is 1. The lowest BCUT2D eigenvalue weighted by Crippen LogP contribution is -1.97. The molecule has 0 fully saturated rings. The first kappa shape index (κ1) is 21.8. The maximum atomic E-state index is 6.34. The van der Waals surface area contributed by atoms with Crippen LogP contribution in [-0.4, -0.2) is 15.0 Å². The Hall–Kier alpha value is -5.13. The average molecular weight is 530 g/mol. The fourth-order valence-corrected chi connectivity index (χ4v) is 7.00. The average Bonchev–Trinajstić information content (AvgIpc) is 3.59. The van der Waals surface area contributed by atoms with Crippen molar-refractivity contribution in [1.82, 2.24) is 15.0 Å². The van der Waals surface area contributed by atoms with Crippen LogP contribution in [0.1, 0.15) is 0 Å². The minimum atomic E-state index is 0.590. The van der Waals surface area contributed by atoms with Gasteiger partial charge in [0.05, 0.1) is 5.52 Å². The summed E-state index contributed by atoms with van der Waals surface area (Å²) in [6.07, 6.45) is 0. The van der Waals surface area contributed by atoms with Gasteiger partial charge >= 0.3 is 0 Å². The first-order valence-corrected chi connectivity index (χ1v) is 14.0. The van der Waals surface area contributed by atoms with Crippen LogP contribution in [0.3, 0.4) is 0 Å². The van der Waals surface area contributed by atoms with Crippen molar-refractivity contribution in [2.45, 2.75) is 0 Å². The quantitative estimate of drug-likeness (QED) is 0.209. The van der Waals surface area contributed by atoms with Crippen LogP contribution in [0.5, 0.6) is 0 Å². The van der Waals surface area contributed by atoms with Crippen molar-refractivity contribution in [3.63, 3.8) is 0 Å². The minimum absolute atomic E-state index is 0.590. The van der Waals surface area contributed by atoms with E-state index in [4.69, 9.17) is 19.4 Å². The summed E-state index contributed by atoms with van der Waals surface area (Å²) in [4.78, 5) is 15.7. The third-order valence-electron chi connectivity index (χ3n) is 7.69. The molecule has 40 heavy (non-hydrogen) atoms. The summed E-state index contributed by atoms with van der Waals surface area (Å²) in [7, 11) is 0. The predicted octanol–water partition coefficient (Wildman–Crippen LogP) is 9.78. The third-order valence-corrected chi connectivity index (χ3v) is 8.83. The SMILES string of the molecule is c1ccc(-c2nc(-c3nc4c(ccc5sc6ccccc6c54)c4ccccc34)nc3c2oc2ccccc23)cc1. The maximum Gasteiger partial charge on any atom is 0.180 e. The summed E-state index contributed by atoms with van der Waals surface area (Å²) in [6.45, 7) is 0. The molecular weight excluding hydrogens is 510 g/mol. The van der Waals surface area contributed by atoms with Crippen molar-refractivity contribution in [2.24, 2.45) is 0 Å². The Labute approximate surface area is 232 Å². The zero-order valence-corrected chi connectivity index (χ0v) is 21.9. The molecule has 4 aromatic heterocycles. The lowest BCUT2D eigenvalue weighted by molar-refractivity contribution is 0.667. The molecule has 0 aliphatic carbocycles. The smallest absolute Gasteiger partial charge is 0.180 e. The summed E-state index contributed by atoms with van der Waals surface area (Å²) in [5.74, 6) is 0.590. The molecule has 9 rings (SSSR count). The molecule has 9 aromatic rings. The molecule has 0 aliphatic rings. The molecule has 0 radical (unpaired) electrons. The van der Waals surface area contributed by atoms with Crippen LogP contribution in [0.25, 0.3) is 86.7 Å². The van der Waals surface area contributed by atoms with E-state index >= 15 is 0 Å². The Morgan fingerprint density at radius 3 is 2.08 bits per heavy atom. The van der Waals surface area contributed by atoms with Crippen molar-refractivity contribution in [3.05, 3.63) is 115 Å². The lowest BCUT2D eigenvalue weighted by atomic mass is 10.0. The van der Waals surface area contributed by atoms with Crippen molar-refractivity contribution in [1.29, 1.82) is 0 Å². The molecule has 0 atom stereocenters. The van der Waals surface area contributed by atoms with E-state index in [9.17, 15) is 0 Å². The summed E-state index contributed by atoms with van der Waals surface area (Å²) in [6, 6.07) is 39.6. The Morgan fingerprint density at radius 2 is 1.20 bits per heavy atom. The number of hydrogen-bond donors (Lipinski definition) is 0. The number of benzene rings is 5. The van der Waals surface area contributed by atoms with Gasteiger partial charge in [-0.3, -0.25) is 0 Å². The fraction of sp³-hybridized carbons (Fsp3) is 0. The van der Waals surface area contributed by atoms with Gasteiger partial charge in [0.1, 0.15) is 22.5 Å². The molecule has 5 heteroatoms. The van der Waals surface area contributed by atoms with Gasteiger partial charge in [-0.25, -0.2) is 15.0 Å². The highest BCUT2D eigenvalue weighted by molar-refractivity contribution is 7.26. The molecule has 0 saturated heterocycles. The van der Waals surface area contributed by atoms with Gasteiger partial charge < -0.3 is 4.42 Å². The number of furan rings is 1. The molecular formula is C35H19N3OS. The second-order valence-electron chi connectivity index (χ2n) is 9.98. The van der Waals surface area contributed by atoms with Crippen LogP contribution in [0.4, 0.5) is 0 Å². The molecule has 0 N–H and O–H groups in total. The first-order valence-electron chi connectivity index (χ1n) is 13.2. The summed E-state index contributed by atoms with van der Waals surface area (Å²) >= 11 is 1.80.